The van der Waals surface area contributed by atoms with E-state index in [9.17, 15) is 9.00 Å². The van der Waals surface area contributed by atoms with Gasteiger partial charge in [-0.25, -0.2) is 0 Å². The first-order chi connectivity index (χ1) is 8.61. The van der Waals surface area contributed by atoms with Gasteiger partial charge in [0, 0.05) is 4.90 Å². The predicted molar refractivity (Wildman–Crippen MR) is 72.9 cm³/mol. The molecule has 18 heavy (non-hydrogen) atoms. The number of hydrogen-bond donors (Lipinski definition) is 0. The van der Waals surface area contributed by atoms with Crippen molar-refractivity contribution in [3.05, 3.63) is 29.8 Å². The van der Waals surface area contributed by atoms with Crippen LogP contribution in [0.5, 0.6) is 0 Å². The zero-order chi connectivity index (χ0) is 13.5. The van der Waals surface area contributed by atoms with Gasteiger partial charge in [0.25, 0.3) is 0 Å². The van der Waals surface area contributed by atoms with E-state index in [-0.39, 0.29) is 5.97 Å². The van der Waals surface area contributed by atoms with Gasteiger partial charge in [-0.1, -0.05) is 31.5 Å². The molecule has 0 saturated carbocycles. The summed E-state index contributed by atoms with van der Waals surface area (Å²) in [5, 5.41) is -0.559. The van der Waals surface area contributed by atoms with Gasteiger partial charge < -0.3 is 4.74 Å². The van der Waals surface area contributed by atoms with Gasteiger partial charge in [-0.3, -0.25) is 9.00 Å². The van der Waals surface area contributed by atoms with Crippen molar-refractivity contribution in [2.24, 2.45) is 0 Å². The Morgan fingerprint density at radius 1 is 1.33 bits per heavy atom. The molecule has 100 valence electrons. The molecule has 3 nitrogen and oxygen atoms in total. The van der Waals surface area contributed by atoms with Gasteiger partial charge >= 0.3 is 5.97 Å². The fourth-order valence-corrected chi connectivity index (χ4v) is 3.34. The summed E-state index contributed by atoms with van der Waals surface area (Å²) in [4.78, 5) is 12.6. The highest BCUT2D eigenvalue weighted by atomic mass is 32.2. The molecule has 0 amide bonds. The van der Waals surface area contributed by atoms with Crippen LogP contribution in [0.2, 0.25) is 0 Å². The van der Waals surface area contributed by atoms with Gasteiger partial charge in [0.05, 0.1) is 17.4 Å². The summed E-state index contributed by atoms with van der Waals surface area (Å²) in [5.41, 5.74) is 0.946. The summed E-state index contributed by atoms with van der Waals surface area (Å²) in [7, 11) is -1.34. The minimum Gasteiger partial charge on any atom is -0.465 e. The van der Waals surface area contributed by atoms with E-state index in [0.29, 0.717) is 13.0 Å². The Morgan fingerprint density at radius 2 is 2.00 bits per heavy atom. The maximum Gasteiger partial charge on any atom is 0.322 e. The molecule has 0 fully saturated rings. The van der Waals surface area contributed by atoms with Crippen molar-refractivity contribution in [3.8, 4) is 0 Å². The number of carbonyl (C=O) groups excluding carboxylic acids is 1. The van der Waals surface area contributed by atoms with Crippen molar-refractivity contribution in [1.29, 1.82) is 0 Å². The highest BCUT2D eigenvalue weighted by Crippen LogP contribution is 2.19. The Labute approximate surface area is 111 Å². The third kappa shape index (κ3) is 3.67. The zero-order valence-corrected chi connectivity index (χ0v) is 12.0. The molecule has 0 aliphatic rings. The first kappa shape index (κ1) is 14.9. The second-order valence-corrected chi connectivity index (χ2v) is 5.70. The third-order valence-electron chi connectivity index (χ3n) is 2.67. The lowest BCUT2D eigenvalue weighted by molar-refractivity contribution is -0.142. The quantitative estimate of drug-likeness (QED) is 0.745. The van der Waals surface area contributed by atoms with Crippen LogP contribution in [0, 0.1) is 6.92 Å². The SMILES string of the molecule is CCCC(C(=O)OCC)S(=O)c1ccccc1C. The summed E-state index contributed by atoms with van der Waals surface area (Å²) in [6, 6.07) is 7.46. The lowest BCUT2D eigenvalue weighted by Crippen LogP contribution is -2.28. The molecule has 0 radical (unpaired) electrons. The van der Waals surface area contributed by atoms with E-state index < -0.39 is 16.0 Å². The van der Waals surface area contributed by atoms with E-state index in [1.54, 1.807) is 6.92 Å². The van der Waals surface area contributed by atoms with E-state index in [2.05, 4.69) is 0 Å². The summed E-state index contributed by atoms with van der Waals surface area (Å²) in [6.45, 7) is 5.96. The molecule has 0 aromatic heterocycles. The molecular weight excluding hydrogens is 248 g/mol. The minimum absolute atomic E-state index is 0.323. The lowest BCUT2D eigenvalue weighted by atomic mass is 10.2. The van der Waals surface area contributed by atoms with Crippen molar-refractivity contribution in [2.75, 3.05) is 6.61 Å². The highest BCUT2D eigenvalue weighted by molar-refractivity contribution is 7.86. The molecule has 1 aromatic carbocycles. The standard InChI is InChI=1S/C14H20O3S/c1-4-8-13(14(15)17-5-2)18(16)12-10-7-6-9-11(12)3/h6-7,9-10,13H,4-5,8H2,1-3H3. The predicted octanol–water partition coefficient (Wildman–Crippen LogP) is 2.83. The van der Waals surface area contributed by atoms with Gasteiger partial charge in [0.2, 0.25) is 0 Å². The Bertz CT molecular complexity index is 429. The fraction of sp³-hybridized carbons (Fsp3) is 0.500. The largest absolute Gasteiger partial charge is 0.465 e. The summed E-state index contributed by atoms with van der Waals surface area (Å²) in [5.74, 6) is -0.360. The van der Waals surface area contributed by atoms with E-state index in [1.807, 2.05) is 38.1 Å². The molecule has 0 aliphatic heterocycles. The third-order valence-corrected chi connectivity index (χ3v) is 4.51. The molecule has 1 aromatic rings. The van der Waals surface area contributed by atoms with Gasteiger partial charge in [0.1, 0.15) is 5.25 Å². The topological polar surface area (TPSA) is 43.4 Å². The molecule has 0 spiro atoms. The average molecular weight is 268 g/mol. The molecular formula is C14H20O3S. The van der Waals surface area contributed by atoms with Gasteiger partial charge in [-0.2, -0.15) is 0 Å². The smallest absolute Gasteiger partial charge is 0.322 e. The fourth-order valence-electron chi connectivity index (χ4n) is 1.75. The van der Waals surface area contributed by atoms with Crippen molar-refractivity contribution in [1.82, 2.24) is 0 Å². The highest BCUT2D eigenvalue weighted by Gasteiger charge is 2.27. The molecule has 0 N–H and O–H groups in total. The lowest BCUT2D eigenvalue weighted by Gasteiger charge is -2.15. The Balaban J connectivity index is 2.96. The molecule has 2 unspecified atom stereocenters. The Kier molecular flexibility index (Phi) is 6.05. The number of esters is 1. The van der Waals surface area contributed by atoms with Crippen LogP contribution in [0.15, 0.2) is 29.2 Å². The second-order valence-electron chi connectivity index (χ2n) is 4.09. The van der Waals surface area contributed by atoms with Crippen molar-refractivity contribution < 1.29 is 13.7 Å². The number of hydrogen-bond acceptors (Lipinski definition) is 3. The van der Waals surface area contributed by atoms with Crippen LogP contribution in [0.4, 0.5) is 0 Å². The average Bonchev–Trinajstić information content (AvgIpc) is 2.36. The monoisotopic (exact) mass is 268 g/mol. The number of rotatable bonds is 6. The van der Waals surface area contributed by atoms with Crippen LogP contribution in [0.1, 0.15) is 32.3 Å². The zero-order valence-electron chi connectivity index (χ0n) is 11.1. The van der Waals surface area contributed by atoms with Crippen molar-refractivity contribution >= 4 is 16.8 Å². The maximum absolute atomic E-state index is 12.5. The van der Waals surface area contributed by atoms with E-state index in [1.165, 1.54) is 0 Å². The van der Waals surface area contributed by atoms with Crippen molar-refractivity contribution in [2.45, 2.75) is 43.8 Å². The Morgan fingerprint density at radius 3 is 2.56 bits per heavy atom. The molecule has 1 rings (SSSR count). The molecule has 2 atom stereocenters. The van der Waals surface area contributed by atoms with E-state index >= 15 is 0 Å². The Hall–Kier alpha value is -1.16. The van der Waals surface area contributed by atoms with Gasteiger partial charge in [-0.05, 0) is 31.9 Å². The van der Waals surface area contributed by atoms with Gasteiger partial charge in [0.15, 0.2) is 0 Å². The van der Waals surface area contributed by atoms with E-state index in [0.717, 1.165) is 16.9 Å². The van der Waals surface area contributed by atoms with Crippen LogP contribution in [-0.2, 0) is 20.3 Å². The number of aryl methyl sites for hydroxylation is 1. The van der Waals surface area contributed by atoms with Crippen LogP contribution in [0.3, 0.4) is 0 Å². The van der Waals surface area contributed by atoms with Crippen LogP contribution in [0.25, 0.3) is 0 Å². The first-order valence-electron chi connectivity index (χ1n) is 6.24. The summed E-state index contributed by atoms with van der Waals surface area (Å²) < 4.78 is 17.5. The number of ether oxygens (including phenoxy) is 1. The molecule has 0 aliphatic carbocycles. The number of carbonyl (C=O) groups is 1. The first-order valence-corrected chi connectivity index (χ1v) is 7.45. The summed E-state index contributed by atoms with van der Waals surface area (Å²) >= 11 is 0. The maximum atomic E-state index is 12.5. The van der Waals surface area contributed by atoms with E-state index in [4.69, 9.17) is 4.74 Å². The van der Waals surface area contributed by atoms with Crippen LogP contribution >= 0.6 is 0 Å². The molecule has 0 heterocycles. The van der Waals surface area contributed by atoms with Gasteiger partial charge in [-0.15, -0.1) is 0 Å². The van der Waals surface area contributed by atoms with Crippen LogP contribution < -0.4 is 0 Å². The minimum atomic E-state index is -1.34. The molecule has 4 heteroatoms. The summed E-state index contributed by atoms with van der Waals surface area (Å²) in [6.07, 6.45) is 1.39. The number of benzene rings is 1. The van der Waals surface area contributed by atoms with Crippen molar-refractivity contribution in [3.63, 3.8) is 0 Å². The van der Waals surface area contributed by atoms with Crippen LogP contribution in [-0.4, -0.2) is 22.0 Å². The molecule has 0 saturated heterocycles. The second kappa shape index (κ2) is 7.31. The molecule has 0 bridgehead atoms. The normalized spacial score (nSPS) is 13.9.